The maximum Gasteiger partial charge on any atom is 0.188 e. The van der Waals surface area contributed by atoms with Crippen LogP contribution in [0.1, 0.15) is 16.8 Å². The Labute approximate surface area is 123 Å². The minimum Gasteiger partial charge on any atom is -0.409 e. The molecule has 1 aromatic heterocycles. The third-order valence-corrected chi connectivity index (χ3v) is 2.99. The molecule has 0 aliphatic rings. The Balaban J connectivity index is 2.10. The Kier molecular flexibility index (Phi) is 5.11. The Morgan fingerprint density at radius 2 is 2.19 bits per heavy atom. The van der Waals surface area contributed by atoms with E-state index in [4.69, 9.17) is 15.7 Å². The number of para-hydroxylation sites is 1. The van der Waals surface area contributed by atoms with Gasteiger partial charge in [-0.1, -0.05) is 23.4 Å². The van der Waals surface area contributed by atoms with Crippen molar-refractivity contribution in [2.45, 2.75) is 13.2 Å². The lowest BCUT2D eigenvalue weighted by molar-refractivity contribution is 0.185. The first-order valence-electron chi connectivity index (χ1n) is 6.48. The molecule has 4 N–H and O–H groups in total. The molecule has 1 aromatic carbocycles. The number of oxime groups is 1. The summed E-state index contributed by atoms with van der Waals surface area (Å²) in [6, 6.07) is 11.6. The second-order valence-electron chi connectivity index (χ2n) is 4.48. The summed E-state index contributed by atoms with van der Waals surface area (Å²) in [6.45, 7) is 1.16. The largest absolute Gasteiger partial charge is 0.409 e. The quantitative estimate of drug-likeness (QED) is 0.326. The molecule has 0 saturated carbocycles. The second kappa shape index (κ2) is 7.25. The van der Waals surface area contributed by atoms with Crippen LogP contribution in [0.4, 0.5) is 5.69 Å². The number of benzene rings is 1. The first-order chi connectivity index (χ1) is 10.2. The normalized spacial score (nSPS) is 11.4. The van der Waals surface area contributed by atoms with Gasteiger partial charge >= 0.3 is 0 Å². The summed E-state index contributed by atoms with van der Waals surface area (Å²) in [5, 5.41) is 15.0. The summed E-state index contributed by atoms with van der Waals surface area (Å²) in [7, 11) is 1.67. The first-order valence-corrected chi connectivity index (χ1v) is 6.48. The van der Waals surface area contributed by atoms with E-state index in [9.17, 15) is 0 Å². The maximum atomic E-state index is 8.68. The van der Waals surface area contributed by atoms with Crippen molar-refractivity contribution < 1.29 is 9.94 Å². The predicted molar refractivity (Wildman–Crippen MR) is 81.2 cm³/mol. The Morgan fingerprint density at radius 3 is 2.95 bits per heavy atom. The van der Waals surface area contributed by atoms with E-state index in [0.717, 1.165) is 16.8 Å². The molecule has 0 aliphatic carbocycles. The standard InChI is InChI=1S/C15H18N4O2/c1-21-10-12-4-2-3-5-13(12)18-9-11-6-7-17-14(8-11)15(16)19-20/h2-8,18,20H,9-10H2,1H3,(H2,16,19). The molecule has 0 aliphatic heterocycles. The van der Waals surface area contributed by atoms with Crippen LogP contribution < -0.4 is 11.1 Å². The lowest BCUT2D eigenvalue weighted by Crippen LogP contribution is -2.15. The number of rotatable bonds is 6. The van der Waals surface area contributed by atoms with Crippen molar-refractivity contribution in [2.24, 2.45) is 10.9 Å². The molecule has 2 aromatic rings. The lowest BCUT2D eigenvalue weighted by Gasteiger charge is -2.12. The third-order valence-electron chi connectivity index (χ3n) is 2.99. The van der Waals surface area contributed by atoms with Crippen LogP contribution in [0.25, 0.3) is 0 Å². The van der Waals surface area contributed by atoms with Crippen molar-refractivity contribution >= 4 is 11.5 Å². The highest BCUT2D eigenvalue weighted by Gasteiger charge is 2.04. The van der Waals surface area contributed by atoms with E-state index in [0.29, 0.717) is 18.8 Å². The molecule has 0 bridgehead atoms. The van der Waals surface area contributed by atoms with Gasteiger partial charge in [0.15, 0.2) is 5.84 Å². The summed E-state index contributed by atoms with van der Waals surface area (Å²) in [4.78, 5) is 4.05. The molecule has 110 valence electrons. The summed E-state index contributed by atoms with van der Waals surface area (Å²) >= 11 is 0. The van der Waals surface area contributed by atoms with Crippen molar-refractivity contribution in [1.82, 2.24) is 4.98 Å². The van der Waals surface area contributed by atoms with Crippen LogP contribution in [-0.4, -0.2) is 23.1 Å². The molecule has 0 fully saturated rings. The van der Waals surface area contributed by atoms with Crippen LogP contribution >= 0.6 is 0 Å². The number of anilines is 1. The summed E-state index contributed by atoms with van der Waals surface area (Å²) in [6.07, 6.45) is 1.63. The van der Waals surface area contributed by atoms with Crippen LogP contribution in [0.3, 0.4) is 0 Å². The highest BCUT2D eigenvalue weighted by molar-refractivity contribution is 5.95. The summed E-state index contributed by atoms with van der Waals surface area (Å²) in [5.41, 5.74) is 9.07. The van der Waals surface area contributed by atoms with Gasteiger partial charge < -0.3 is 21.0 Å². The molecule has 21 heavy (non-hydrogen) atoms. The van der Waals surface area contributed by atoms with Gasteiger partial charge in [0.25, 0.3) is 0 Å². The molecule has 0 saturated heterocycles. The molecule has 0 amide bonds. The van der Waals surface area contributed by atoms with Crippen LogP contribution in [0, 0.1) is 0 Å². The van der Waals surface area contributed by atoms with E-state index >= 15 is 0 Å². The Hall–Kier alpha value is -2.60. The van der Waals surface area contributed by atoms with E-state index in [2.05, 4.69) is 15.5 Å². The zero-order valence-electron chi connectivity index (χ0n) is 11.8. The number of nitrogens with two attached hydrogens (primary N) is 1. The van der Waals surface area contributed by atoms with Crippen LogP contribution in [0.15, 0.2) is 47.8 Å². The number of ether oxygens (including phenoxy) is 1. The SMILES string of the molecule is COCc1ccccc1NCc1ccnc(C(N)=NO)c1. The predicted octanol–water partition coefficient (Wildman–Crippen LogP) is 1.93. The topological polar surface area (TPSA) is 92.8 Å². The van der Waals surface area contributed by atoms with Gasteiger partial charge in [-0.15, -0.1) is 0 Å². The van der Waals surface area contributed by atoms with E-state index in [1.807, 2.05) is 30.3 Å². The number of hydrogen-bond donors (Lipinski definition) is 3. The fourth-order valence-corrected chi connectivity index (χ4v) is 1.95. The van der Waals surface area contributed by atoms with Crippen molar-refractivity contribution in [3.63, 3.8) is 0 Å². The minimum absolute atomic E-state index is 0.00312. The summed E-state index contributed by atoms with van der Waals surface area (Å²) in [5.74, 6) is -0.00312. The second-order valence-corrected chi connectivity index (χ2v) is 4.48. The highest BCUT2D eigenvalue weighted by atomic mass is 16.5. The monoisotopic (exact) mass is 286 g/mol. The lowest BCUT2D eigenvalue weighted by atomic mass is 10.1. The Bertz CT molecular complexity index is 629. The maximum absolute atomic E-state index is 8.68. The van der Waals surface area contributed by atoms with Crippen molar-refractivity contribution in [3.8, 4) is 0 Å². The molecule has 6 heteroatoms. The number of pyridine rings is 1. The van der Waals surface area contributed by atoms with E-state index < -0.39 is 0 Å². The zero-order valence-corrected chi connectivity index (χ0v) is 11.8. The average Bonchev–Trinajstić information content (AvgIpc) is 2.54. The van der Waals surface area contributed by atoms with Gasteiger partial charge in [0, 0.05) is 31.1 Å². The van der Waals surface area contributed by atoms with E-state index in [1.165, 1.54) is 0 Å². The Morgan fingerprint density at radius 1 is 1.38 bits per heavy atom. The molecule has 0 atom stereocenters. The molecule has 0 unspecified atom stereocenters. The number of nitrogens with zero attached hydrogens (tertiary/aromatic N) is 2. The molecule has 6 nitrogen and oxygen atoms in total. The van der Waals surface area contributed by atoms with Gasteiger partial charge in [0.1, 0.15) is 5.69 Å². The number of aromatic nitrogens is 1. The third kappa shape index (κ3) is 3.93. The first kappa shape index (κ1) is 14.8. The van der Waals surface area contributed by atoms with Crippen molar-refractivity contribution in [1.29, 1.82) is 0 Å². The van der Waals surface area contributed by atoms with Gasteiger partial charge in [-0.05, 0) is 23.8 Å². The van der Waals surface area contributed by atoms with Gasteiger partial charge in [-0.2, -0.15) is 0 Å². The highest BCUT2D eigenvalue weighted by Crippen LogP contribution is 2.17. The number of nitrogens with one attached hydrogen (secondary N) is 1. The van der Waals surface area contributed by atoms with Gasteiger partial charge in [0.05, 0.1) is 6.61 Å². The van der Waals surface area contributed by atoms with Gasteiger partial charge in [0.2, 0.25) is 0 Å². The van der Waals surface area contributed by atoms with E-state index in [-0.39, 0.29) is 5.84 Å². The molecule has 1 heterocycles. The fourth-order valence-electron chi connectivity index (χ4n) is 1.95. The minimum atomic E-state index is -0.00312. The molecule has 0 radical (unpaired) electrons. The fraction of sp³-hybridized carbons (Fsp3) is 0.200. The molecular weight excluding hydrogens is 268 g/mol. The number of hydrogen-bond acceptors (Lipinski definition) is 5. The van der Waals surface area contributed by atoms with Crippen molar-refractivity contribution in [2.75, 3.05) is 12.4 Å². The van der Waals surface area contributed by atoms with Crippen LogP contribution in [0.5, 0.6) is 0 Å². The number of methoxy groups -OCH3 is 1. The van der Waals surface area contributed by atoms with Crippen molar-refractivity contribution in [3.05, 3.63) is 59.4 Å². The van der Waals surface area contributed by atoms with Crippen LogP contribution in [-0.2, 0) is 17.9 Å². The van der Waals surface area contributed by atoms with Gasteiger partial charge in [-0.25, -0.2) is 0 Å². The van der Waals surface area contributed by atoms with Crippen LogP contribution in [0.2, 0.25) is 0 Å². The molecule has 0 spiro atoms. The molecular formula is C15H18N4O2. The molecule has 2 rings (SSSR count). The smallest absolute Gasteiger partial charge is 0.188 e. The number of amidine groups is 1. The van der Waals surface area contributed by atoms with Gasteiger partial charge in [-0.3, -0.25) is 4.98 Å². The summed E-state index contributed by atoms with van der Waals surface area (Å²) < 4.78 is 5.18. The zero-order chi connectivity index (χ0) is 15.1. The van der Waals surface area contributed by atoms with E-state index in [1.54, 1.807) is 19.4 Å². The average molecular weight is 286 g/mol.